The van der Waals surface area contributed by atoms with Crippen LogP contribution < -0.4 is 10.2 Å². The highest BCUT2D eigenvalue weighted by molar-refractivity contribution is 6.30. The molecule has 1 saturated heterocycles. The highest BCUT2D eigenvalue weighted by Gasteiger charge is 2.25. The predicted molar refractivity (Wildman–Crippen MR) is 108 cm³/mol. The molecule has 0 unspecified atom stereocenters. The molecule has 1 amide bonds. The van der Waals surface area contributed by atoms with Crippen LogP contribution in [-0.4, -0.2) is 48.5 Å². The van der Waals surface area contributed by atoms with Crippen molar-refractivity contribution in [3.63, 3.8) is 0 Å². The summed E-state index contributed by atoms with van der Waals surface area (Å²) in [6, 6.07) is 6.66. The largest absolute Gasteiger partial charge is 0.444 e. The first kappa shape index (κ1) is 20.6. The molecule has 29 heavy (non-hydrogen) atoms. The quantitative estimate of drug-likeness (QED) is 0.586. The van der Waals surface area contributed by atoms with E-state index in [9.17, 15) is 20.2 Å². The number of hydrogen-bond acceptors (Lipinski definition) is 7. The molecule has 9 nitrogen and oxygen atoms in total. The lowest BCUT2D eigenvalue weighted by Crippen LogP contribution is -2.48. The molecule has 0 spiro atoms. The Kier molecular flexibility index (Phi) is 6.06. The van der Waals surface area contributed by atoms with Crippen LogP contribution in [0.4, 0.5) is 17.3 Å². The van der Waals surface area contributed by atoms with E-state index in [0.29, 0.717) is 53.8 Å². The number of benzene rings is 1. The second-order valence-electron chi connectivity index (χ2n) is 6.80. The van der Waals surface area contributed by atoms with E-state index in [1.54, 1.807) is 26.0 Å². The first-order valence-electron chi connectivity index (χ1n) is 9.01. The van der Waals surface area contributed by atoms with Gasteiger partial charge in [-0.3, -0.25) is 25.1 Å². The molecule has 10 heteroatoms. The number of anilines is 2. The number of nitriles is 1. The van der Waals surface area contributed by atoms with Crippen molar-refractivity contribution in [2.24, 2.45) is 0 Å². The number of carbonyl (C=O) groups is 1. The Bertz CT molecular complexity index is 989. The number of nitro benzene ring substituents is 1. The van der Waals surface area contributed by atoms with Crippen LogP contribution in [0.25, 0.3) is 0 Å². The number of nitro groups is 1. The zero-order valence-corrected chi connectivity index (χ0v) is 16.8. The fraction of sp³-hybridized carbons (Fsp3) is 0.368. The number of carbonyl (C=O) groups excluding carboxylic acids is 1. The van der Waals surface area contributed by atoms with E-state index in [0.717, 1.165) is 0 Å². The van der Waals surface area contributed by atoms with E-state index in [1.807, 2.05) is 15.9 Å². The molecule has 152 valence electrons. The van der Waals surface area contributed by atoms with Crippen LogP contribution in [0.3, 0.4) is 0 Å². The van der Waals surface area contributed by atoms with Gasteiger partial charge in [0.1, 0.15) is 23.1 Å². The number of nitrogens with one attached hydrogen (secondary N) is 1. The van der Waals surface area contributed by atoms with Gasteiger partial charge in [0.05, 0.1) is 11.5 Å². The minimum absolute atomic E-state index is 0.0312. The number of furan rings is 1. The van der Waals surface area contributed by atoms with Gasteiger partial charge in [0.25, 0.3) is 5.69 Å². The fourth-order valence-corrected chi connectivity index (χ4v) is 3.44. The molecule has 0 atom stereocenters. The van der Waals surface area contributed by atoms with Crippen LogP contribution in [0.5, 0.6) is 0 Å². The normalized spacial score (nSPS) is 14.5. The molecule has 1 N–H and O–H groups in total. The summed E-state index contributed by atoms with van der Waals surface area (Å²) in [6.45, 7) is 5.85. The summed E-state index contributed by atoms with van der Waals surface area (Å²) in [4.78, 5) is 27.1. The maximum absolute atomic E-state index is 12.4. The van der Waals surface area contributed by atoms with Crippen molar-refractivity contribution in [2.75, 3.05) is 42.9 Å². The average Bonchev–Trinajstić information content (AvgIpc) is 2.95. The summed E-state index contributed by atoms with van der Waals surface area (Å²) in [5.41, 5.74) is 1.52. The van der Waals surface area contributed by atoms with Crippen LogP contribution in [0.1, 0.15) is 16.9 Å². The Morgan fingerprint density at radius 3 is 2.66 bits per heavy atom. The third kappa shape index (κ3) is 4.50. The van der Waals surface area contributed by atoms with Crippen molar-refractivity contribution in [1.29, 1.82) is 5.26 Å². The lowest BCUT2D eigenvalue weighted by atomic mass is 10.2. The summed E-state index contributed by atoms with van der Waals surface area (Å²) in [5.74, 6) is 0.485. The molecule has 1 aliphatic heterocycles. The topological polar surface area (TPSA) is 116 Å². The standard InChI is InChI=1S/C19H20ClN5O4/c1-12-13(2)29-19(15(12)10-21)22-18(26)11-23-5-7-24(8-6-23)16-4-3-14(20)9-17(16)25(27)28/h3-4,9H,5-8,11H2,1-2H3,(H,22,26). The highest BCUT2D eigenvalue weighted by atomic mass is 35.5. The first-order valence-corrected chi connectivity index (χ1v) is 9.39. The number of piperazine rings is 1. The molecule has 0 bridgehead atoms. The minimum Gasteiger partial charge on any atom is -0.444 e. The highest BCUT2D eigenvalue weighted by Crippen LogP contribution is 2.31. The zero-order chi connectivity index (χ0) is 21.1. The van der Waals surface area contributed by atoms with Gasteiger partial charge in [-0.05, 0) is 26.0 Å². The van der Waals surface area contributed by atoms with E-state index in [-0.39, 0.29) is 24.0 Å². The van der Waals surface area contributed by atoms with Crippen molar-refractivity contribution < 1.29 is 14.1 Å². The lowest BCUT2D eigenvalue weighted by molar-refractivity contribution is -0.384. The number of aryl methyl sites for hydroxylation is 1. The third-order valence-electron chi connectivity index (χ3n) is 4.96. The van der Waals surface area contributed by atoms with Crippen molar-refractivity contribution in [2.45, 2.75) is 13.8 Å². The Morgan fingerprint density at radius 1 is 1.34 bits per heavy atom. The van der Waals surface area contributed by atoms with E-state index in [4.69, 9.17) is 16.0 Å². The molecule has 0 aliphatic carbocycles. The first-order chi connectivity index (χ1) is 13.8. The van der Waals surface area contributed by atoms with Crippen molar-refractivity contribution in [3.05, 3.63) is 50.2 Å². The monoisotopic (exact) mass is 417 g/mol. The molecule has 2 heterocycles. The van der Waals surface area contributed by atoms with Crippen molar-refractivity contribution in [3.8, 4) is 6.07 Å². The number of rotatable bonds is 5. The Labute approximate surface area is 172 Å². The van der Waals surface area contributed by atoms with Gasteiger partial charge in [-0.15, -0.1) is 0 Å². The van der Waals surface area contributed by atoms with Crippen LogP contribution in [-0.2, 0) is 4.79 Å². The van der Waals surface area contributed by atoms with Gasteiger partial charge in [0, 0.05) is 42.8 Å². The smallest absolute Gasteiger partial charge is 0.294 e. The molecule has 3 rings (SSSR count). The van der Waals surface area contributed by atoms with E-state index >= 15 is 0 Å². The van der Waals surface area contributed by atoms with Crippen LogP contribution in [0.15, 0.2) is 22.6 Å². The molecule has 2 aromatic rings. The van der Waals surface area contributed by atoms with E-state index in [2.05, 4.69) is 5.32 Å². The van der Waals surface area contributed by atoms with Crippen LogP contribution >= 0.6 is 11.6 Å². The second kappa shape index (κ2) is 8.51. The number of nitrogens with zero attached hydrogens (tertiary/aromatic N) is 4. The Morgan fingerprint density at radius 2 is 2.03 bits per heavy atom. The van der Waals surface area contributed by atoms with Crippen molar-refractivity contribution >= 4 is 34.8 Å². The van der Waals surface area contributed by atoms with Gasteiger partial charge < -0.3 is 9.32 Å². The summed E-state index contributed by atoms with van der Waals surface area (Å²) >= 11 is 5.88. The Hall–Kier alpha value is -3.09. The summed E-state index contributed by atoms with van der Waals surface area (Å²) in [5, 5.41) is 23.5. The average molecular weight is 418 g/mol. The van der Waals surface area contributed by atoms with Gasteiger partial charge in [-0.25, -0.2) is 0 Å². The summed E-state index contributed by atoms with van der Waals surface area (Å²) in [6.07, 6.45) is 0. The Balaban J connectivity index is 1.59. The van der Waals surface area contributed by atoms with Gasteiger partial charge in [0.2, 0.25) is 11.8 Å². The van der Waals surface area contributed by atoms with Gasteiger partial charge in [0.15, 0.2) is 0 Å². The fourth-order valence-electron chi connectivity index (χ4n) is 3.28. The molecule has 1 aromatic heterocycles. The maximum atomic E-state index is 12.4. The molecule has 0 radical (unpaired) electrons. The lowest BCUT2D eigenvalue weighted by Gasteiger charge is -2.35. The molecular weight excluding hydrogens is 398 g/mol. The van der Waals surface area contributed by atoms with Crippen molar-refractivity contribution in [1.82, 2.24) is 4.90 Å². The number of hydrogen-bond donors (Lipinski definition) is 1. The minimum atomic E-state index is -0.443. The summed E-state index contributed by atoms with van der Waals surface area (Å²) < 4.78 is 5.46. The molecule has 1 fully saturated rings. The number of halogens is 1. The second-order valence-corrected chi connectivity index (χ2v) is 7.24. The molecule has 0 saturated carbocycles. The zero-order valence-electron chi connectivity index (χ0n) is 16.1. The van der Waals surface area contributed by atoms with Gasteiger partial charge >= 0.3 is 0 Å². The van der Waals surface area contributed by atoms with Gasteiger partial charge in [-0.2, -0.15) is 5.26 Å². The predicted octanol–water partition coefficient (Wildman–Crippen LogP) is 3.09. The van der Waals surface area contributed by atoms with Crippen LogP contribution in [0.2, 0.25) is 5.02 Å². The SMILES string of the molecule is Cc1oc(NC(=O)CN2CCN(c3ccc(Cl)cc3[N+](=O)[O-])CC2)c(C#N)c1C. The summed E-state index contributed by atoms with van der Waals surface area (Å²) in [7, 11) is 0. The molecular formula is C19H20ClN5O4. The van der Waals surface area contributed by atoms with Gasteiger partial charge in [-0.1, -0.05) is 11.6 Å². The van der Waals surface area contributed by atoms with E-state index in [1.165, 1.54) is 6.07 Å². The molecule has 1 aliphatic rings. The van der Waals surface area contributed by atoms with Crippen LogP contribution in [0, 0.1) is 35.3 Å². The van der Waals surface area contributed by atoms with E-state index < -0.39 is 4.92 Å². The number of amides is 1. The molecule has 1 aromatic carbocycles. The third-order valence-corrected chi connectivity index (χ3v) is 5.20. The maximum Gasteiger partial charge on any atom is 0.294 e.